The maximum absolute atomic E-state index is 12.6. The minimum absolute atomic E-state index is 0.0491. The standard InChI is InChI=1S/C21H28N2O3/c24-20-7-6-17-14-22(21(25)18-10-13-26-15-18)11-9-19(17)23(20)12-8-16-4-2-1-3-5-16/h4,10,13,15,17,19H,1-3,5-9,11-12,14H2/t17-,19+/m0/s1. The first-order valence-electron chi connectivity index (χ1n) is 10.0. The first-order chi connectivity index (χ1) is 12.7. The summed E-state index contributed by atoms with van der Waals surface area (Å²) in [6.07, 6.45) is 13.8. The van der Waals surface area contributed by atoms with Crippen LogP contribution in [0.1, 0.15) is 61.7 Å². The van der Waals surface area contributed by atoms with Gasteiger partial charge < -0.3 is 14.2 Å². The molecule has 2 aliphatic heterocycles. The number of carbonyl (C=O) groups is 2. The summed E-state index contributed by atoms with van der Waals surface area (Å²) < 4.78 is 5.05. The number of hydrogen-bond acceptors (Lipinski definition) is 3. The Morgan fingerprint density at radius 2 is 2.15 bits per heavy atom. The minimum atomic E-state index is 0.0491. The summed E-state index contributed by atoms with van der Waals surface area (Å²) in [5.74, 6) is 0.753. The molecule has 2 amide bonds. The van der Waals surface area contributed by atoms with Crippen LogP contribution >= 0.6 is 0 Å². The second-order valence-corrected chi connectivity index (χ2v) is 7.86. The largest absolute Gasteiger partial charge is 0.472 e. The molecule has 5 nitrogen and oxygen atoms in total. The van der Waals surface area contributed by atoms with E-state index in [-0.39, 0.29) is 5.91 Å². The van der Waals surface area contributed by atoms with Crippen molar-refractivity contribution in [1.82, 2.24) is 9.80 Å². The summed E-state index contributed by atoms with van der Waals surface area (Å²) in [5.41, 5.74) is 2.15. The van der Waals surface area contributed by atoms with E-state index in [0.29, 0.717) is 29.9 Å². The van der Waals surface area contributed by atoms with Crippen LogP contribution in [0.2, 0.25) is 0 Å². The van der Waals surface area contributed by atoms with Crippen molar-refractivity contribution >= 4 is 11.8 Å². The molecule has 1 aromatic heterocycles. The van der Waals surface area contributed by atoms with Crippen molar-refractivity contribution in [2.45, 2.75) is 57.4 Å². The summed E-state index contributed by atoms with van der Waals surface area (Å²) in [6, 6.07) is 2.03. The number of hydrogen-bond donors (Lipinski definition) is 0. The molecule has 0 aromatic carbocycles. The quantitative estimate of drug-likeness (QED) is 0.774. The molecular formula is C21H28N2O3. The molecule has 26 heavy (non-hydrogen) atoms. The zero-order valence-electron chi connectivity index (χ0n) is 15.4. The van der Waals surface area contributed by atoms with Crippen LogP contribution in [0.4, 0.5) is 0 Å². The zero-order valence-corrected chi connectivity index (χ0v) is 15.4. The summed E-state index contributed by atoms with van der Waals surface area (Å²) in [7, 11) is 0. The Bertz CT molecular complexity index is 679. The lowest BCUT2D eigenvalue weighted by molar-refractivity contribution is -0.140. The topological polar surface area (TPSA) is 53.8 Å². The van der Waals surface area contributed by atoms with E-state index >= 15 is 0 Å². The first-order valence-corrected chi connectivity index (χ1v) is 10.0. The molecule has 0 saturated carbocycles. The summed E-state index contributed by atoms with van der Waals surface area (Å²) in [4.78, 5) is 29.2. The second kappa shape index (κ2) is 7.68. The summed E-state index contributed by atoms with van der Waals surface area (Å²) in [5, 5.41) is 0. The number of likely N-dealkylation sites (tertiary alicyclic amines) is 2. The number of amides is 2. The third kappa shape index (κ3) is 3.57. The van der Waals surface area contributed by atoms with Gasteiger partial charge >= 0.3 is 0 Å². The third-order valence-electron chi connectivity index (χ3n) is 6.26. The molecule has 0 spiro atoms. The number of furan rings is 1. The van der Waals surface area contributed by atoms with Gasteiger partial charge in [-0.15, -0.1) is 0 Å². The Hall–Kier alpha value is -2.04. The summed E-state index contributed by atoms with van der Waals surface area (Å²) in [6.45, 7) is 2.32. The van der Waals surface area contributed by atoms with Gasteiger partial charge in [0.1, 0.15) is 6.26 Å². The van der Waals surface area contributed by atoms with E-state index in [2.05, 4.69) is 11.0 Å². The number of fused-ring (bicyclic) bond motifs is 1. The van der Waals surface area contributed by atoms with Crippen LogP contribution in [-0.4, -0.2) is 47.3 Å². The number of piperidine rings is 2. The van der Waals surface area contributed by atoms with Crippen LogP contribution < -0.4 is 0 Å². The highest BCUT2D eigenvalue weighted by atomic mass is 16.3. The zero-order chi connectivity index (χ0) is 17.9. The highest BCUT2D eigenvalue weighted by Gasteiger charge is 2.40. The Kier molecular flexibility index (Phi) is 5.14. The maximum atomic E-state index is 12.6. The lowest BCUT2D eigenvalue weighted by atomic mass is 9.83. The van der Waals surface area contributed by atoms with Gasteiger partial charge in [0.05, 0.1) is 11.8 Å². The van der Waals surface area contributed by atoms with Gasteiger partial charge in [-0.2, -0.15) is 0 Å². The van der Waals surface area contributed by atoms with Gasteiger partial charge in [0.25, 0.3) is 5.91 Å². The predicted octanol–water partition coefficient (Wildman–Crippen LogP) is 3.62. The van der Waals surface area contributed by atoms with E-state index in [4.69, 9.17) is 4.42 Å². The Labute approximate surface area is 155 Å². The number of rotatable bonds is 4. The van der Waals surface area contributed by atoms with Gasteiger partial charge in [0.15, 0.2) is 0 Å². The van der Waals surface area contributed by atoms with E-state index in [1.165, 1.54) is 37.5 Å². The van der Waals surface area contributed by atoms with Crippen molar-refractivity contribution in [3.05, 3.63) is 35.8 Å². The number of carbonyl (C=O) groups excluding carboxylic acids is 2. The van der Waals surface area contributed by atoms with E-state index < -0.39 is 0 Å². The van der Waals surface area contributed by atoms with Crippen molar-refractivity contribution in [3.63, 3.8) is 0 Å². The fourth-order valence-corrected chi connectivity index (χ4v) is 4.79. The lowest BCUT2D eigenvalue weighted by Gasteiger charge is -2.47. The molecule has 2 fully saturated rings. The Morgan fingerprint density at radius 3 is 2.92 bits per heavy atom. The first kappa shape index (κ1) is 17.4. The molecule has 140 valence electrons. The summed E-state index contributed by atoms with van der Waals surface area (Å²) >= 11 is 0. The molecule has 3 aliphatic rings. The van der Waals surface area contributed by atoms with E-state index in [9.17, 15) is 9.59 Å². The van der Waals surface area contributed by atoms with E-state index in [1.807, 2.05) is 4.90 Å². The minimum Gasteiger partial charge on any atom is -0.472 e. The van der Waals surface area contributed by atoms with Gasteiger partial charge in [-0.25, -0.2) is 0 Å². The van der Waals surface area contributed by atoms with Gasteiger partial charge in [-0.1, -0.05) is 11.6 Å². The molecular weight excluding hydrogens is 328 g/mol. The van der Waals surface area contributed by atoms with Gasteiger partial charge in [-0.05, 0) is 56.9 Å². The van der Waals surface area contributed by atoms with Gasteiger partial charge in [0, 0.05) is 32.1 Å². The van der Waals surface area contributed by atoms with Crippen molar-refractivity contribution in [2.75, 3.05) is 19.6 Å². The van der Waals surface area contributed by atoms with Crippen LogP contribution in [0.5, 0.6) is 0 Å². The van der Waals surface area contributed by atoms with Crippen molar-refractivity contribution in [2.24, 2.45) is 5.92 Å². The van der Waals surface area contributed by atoms with Crippen LogP contribution in [0.15, 0.2) is 34.7 Å². The molecule has 4 rings (SSSR count). The molecule has 2 atom stereocenters. The smallest absolute Gasteiger partial charge is 0.257 e. The number of allylic oxidation sites excluding steroid dienone is 1. The van der Waals surface area contributed by atoms with Crippen LogP contribution in [0.25, 0.3) is 0 Å². The van der Waals surface area contributed by atoms with Crippen molar-refractivity contribution in [3.8, 4) is 0 Å². The lowest BCUT2D eigenvalue weighted by Crippen LogP contribution is -2.57. The number of nitrogens with zero attached hydrogens (tertiary/aromatic N) is 2. The fraction of sp³-hybridized carbons (Fsp3) is 0.619. The molecule has 5 heteroatoms. The van der Waals surface area contributed by atoms with E-state index in [0.717, 1.165) is 38.9 Å². The van der Waals surface area contributed by atoms with Crippen LogP contribution in [0.3, 0.4) is 0 Å². The molecule has 3 heterocycles. The Balaban J connectivity index is 1.38. The third-order valence-corrected chi connectivity index (χ3v) is 6.26. The molecule has 2 saturated heterocycles. The van der Waals surface area contributed by atoms with E-state index in [1.54, 1.807) is 12.3 Å². The average molecular weight is 356 g/mol. The molecule has 0 N–H and O–H groups in total. The normalized spacial score (nSPS) is 26.5. The highest BCUT2D eigenvalue weighted by molar-refractivity contribution is 5.94. The Morgan fingerprint density at radius 1 is 1.23 bits per heavy atom. The maximum Gasteiger partial charge on any atom is 0.257 e. The average Bonchev–Trinajstić information content (AvgIpc) is 3.22. The fourth-order valence-electron chi connectivity index (χ4n) is 4.79. The van der Waals surface area contributed by atoms with Crippen molar-refractivity contribution in [1.29, 1.82) is 0 Å². The van der Waals surface area contributed by atoms with Crippen LogP contribution in [-0.2, 0) is 4.79 Å². The van der Waals surface area contributed by atoms with Gasteiger partial charge in [-0.3, -0.25) is 9.59 Å². The molecule has 0 bridgehead atoms. The molecule has 1 aromatic rings. The van der Waals surface area contributed by atoms with Crippen molar-refractivity contribution < 1.29 is 14.0 Å². The highest BCUT2D eigenvalue weighted by Crippen LogP contribution is 2.33. The SMILES string of the molecule is O=C(c1ccoc1)N1CC[C@@H]2[C@@H](CCC(=O)N2CCC2=CCCCC2)C1. The molecule has 0 unspecified atom stereocenters. The van der Waals surface area contributed by atoms with Crippen LogP contribution in [0, 0.1) is 5.92 Å². The second-order valence-electron chi connectivity index (χ2n) is 7.86. The van der Waals surface area contributed by atoms with Gasteiger partial charge in [0.2, 0.25) is 5.91 Å². The molecule has 1 aliphatic carbocycles. The predicted molar refractivity (Wildman–Crippen MR) is 98.6 cm³/mol. The molecule has 0 radical (unpaired) electrons. The monoisotopic (exact) mass is 356 g/mol.